The largest absolute Gasteiger partial charge is 0.466 e. The first-order valence-corrected chi connectivity index (χ1v) is 6.60. The Bertz CT molecular complexity index is 592. The minimum absolute atomic E-state index is 0.185. The van der Waals surface area contributed by atoms with Crippen molar-refractivity contribution in [2.45, 2.75) is 19.4 Å². The summed E-state index contributed by atoms with van der Waals surface area (Å²) in [4.78, 5) is 11.5. The molecule has 1 atom stereocenters. The average molecular weight is 273 g/mol. The summed E-state index contributed by atoms with van der Waals surface area (Å²) < 4.78 is 6.67. The van der Waals surface area contributed by atoms with Crippen molar-refractivity contribution >= 4 is 5.97 Å². The predicted molar refractivity (Wildman–Crippen MR) is 76.8 cm³/mol. The van der Waals surface area contributed by atoms with Crippen LogP contribution in [0.4, 0.5) is 0 Å². The number of ether oxygens (including phenoxy) is 1. The van der Waals surface area contributed by atoms with E-state index < -0.39 is 0 Å². The summed E-state index contributed by atoms with van der Waals surface area (Å²) in [7, 11) is 1.87. The van der Waals surface area contributed by atoms with Crippen LogP contribution in [-0.2, 0) is 16.6 Å². The molecule has 0 aliphatic rings. The summed E-state index contributed by atoms with van der Waals surface area (Å²) in [6, 6.07) is 7.48. The Kier molecular flexibility index (Phi) is 4.53. The Morgan fingerprint density at radius 1 is 1.45 bits per heavy atom. The number of hydrogen-bond donors (Lipinski definition) is 1. The molecule has 0 radical (unpaired) electrons. The third kappa shape index (κ3) is 3.45. The average Bonchev–Trinajstić information content (AvgIpc) is 2.86. The minimum Gasteiger partial charge on any atom is -0.466 e. The van der Waals surface area contributed by atoms with Crippen LogP contribution in [0.5, 0.6) is 0 Å². The van der Waals surface area contributed by atoms with E-state index in [0.717, 1.165) is 16.7 Å². The second-order valence-electron chi connectivity index (χ2n) is 4.64. The van der Waals surface area contributed by atoms with E-state index in [2.05, 4.69) is 5.10 Å². The monoisotopic (exact) mass is 273 g/mol. The second kappa shape index (κ2) is 6.34. The summed E-state index contributed by atoms with van der Waals surface area (Å²) in [5.41, 5.74) is 9.04. The zero-order valence-electron chi connectivity index (χ0n) is 11.7. The molecule has 0 aliphatic heterocycles. The minimum atomic E-state index is -0.356. The van der Waals surface area contributed by atoms with Gasteiger partial charge in [0.05, 0.1) is 19.2 Å². The molecular weight excluding hydrogens is 254 g/mol. The molecule has 2 N–H and O–H groups in total. The summed E-state index contributed by atoms with van der Waals surface area (Å²) in [5, 5.41) is 4.15. The van der Waals surface area contributed by atoms with Gasteiger partial charge in [-0.3, -0.25) is 9.48 Å². The summed E-state index contributed by atoms with van der Waals surface area (Å²) in [6.07, 6.45) is 3.93. The number of hydrogen-bond acceptors (Lipinski definition) is 4. The molecule has 2 aromatic rings. The van der Waals surface area contributed by atoms with Gasteiger partial charge in [-0.05, 0) is 24.1 Å². The van der Waals surface area contributed by atoms with Gasteiger partial charge in [0.2, 0.25) is 0 Å². The maximum atomic E-state index is 11.5. The molecule has 1 heterocycles. The van der Waals surface area contributed by atoms with E-state index in [1.165, 1.54) is 0 Å². The Labute approximate surface area is 118 Å². The van der Waals surface area contributed by atoms with Crippen LogP contribution in [0.25, 0.3) is 11.1 Å². The number of esters is 1. The maximum absolute atomic E-state index is 11.5. The van der Waals surface area contributed by atoms with Crippen LogP contribution in [-0.4, -0.2) is 22.4 Å². The Balaban J connectivity index is 2.15. The third-order valence-electron chi connectivity index (χ3n) is 3.04. The molecule has 0 amide bonds. The zero-order chi connectivity index (χ0) is 14.5. The van der Waals surface area contributed by atoms with E-state index in [4.69, 9.17) is 10.5 Å². The maximum Gasteiger partial charge on any atom is 0.307 e. The first-order valence-electron chi connectivity index (χ1n) is 6.60. The zero-order valence-corrected chi connectivity index (χ0v) is 11.7. The first kappa shape index (κ1) is 14.3. The molecule has 0 saturated carbocycles. The van der Waals surface area contributed by atoms with Gasteiger partial charge in [-0.25, -0.2) is 0 Å². The van der Waals surface area contributed by atoms with Crippen molar-refractivity contribution < 1.29 is 9.53 Å². The molecule has 1 unspecified atom stereocenters. The molecule has 106 valence electrons. The van der Waals surface area contributed by atoms with Crippen LogP contribution in [0.1, 0.15) is 24.9 Å². The van der Waals surface area contributed by atoms with Crippen LogP contribution < -0.4 is 5.73 Å². The summed E-state index contributed by atoms with van der Waals surface area (Å²) >= 11 is 0. The van der Waals surface area contributed by atoms with Crippen molar-refractivity contribution in [1.29, 1.82) is 0 Å². The van der Waals surface area contributed by atoms with Crippen molar-refractivity contribution in [2.75, 3.05) is 6.61 Å². The van der Waals surface area contributed by atoms with Gasteiger partial charge in [0.25, 0.3) is 0 Å². The fraction of sp³-hybridized carbons (Fsp3) is 0.333. The molecule has 0 aliphatic carbocycles. The number of aromatic nitrogens is 2. The highest BCUT2D eigenvalue weighted by atomic mass is 16.5. The van der Waals surface area contributed by atoms with Gasteiger partial charge in [-0.1, -0.05) is 18.2 Å². The van der Waals surface area contributed by atoms with E-state index in [0.29, 0.717) is 6.61 Å². The molecular formula is C15H19N3O2. The number of aryl methyl sites for hydroxylation is 1. The molecule has 5 nitrogen and oxygen atoms in total. The number of nitrogens with zero attached hydrogens (tertiary/aromatic N) is 2. The van der Waals surface area contributed by atoms with Crippen molar-refractivity contribution in [3.63, 3.8) is 0 Å². The van der Waals surface area contributed by atoms with Gasteiger partial charge in [0, 0.05) is 24.8 Å². The number of nitrogens with two attached hydrogens (primary N) is 1. The highest BCUT2D eigenvalue weighted by Gasteiger charge is 2.13. The number of carbonyl (C=O) groups excluding carboxylic acids is 1. The van der Waals surface area contributed by atoms with Crippen molar-refractivity contribution in [2.24, 2.45) is 12.8 Å². The fourth-order valence-electron chi connectivity index (χ4n) is 2.04. The van der Waals surface area contributed by atoms with Crippen molar-refractivity contribution in [3.8, 4) is 11.1 Å². The van der Waals surface area contributed by atoms with Crippen molar-refractivity contribution in [1.82, 2.24) is 9.78 Å². The van der Waals surface area contributed by atoms with E-state index in [-0.39, 0.29) is 18.4 Å². The van der Waals surface area contributed by atoms with Crippen LogP contribution >= 0.6 is 0 Å². The molecule has 1 aromatic carbocycles. The topological polar surface area (TPSA) is 70.1 Å². The molecule has 0 bridgehead atoms. The Morgan fingerprint density at radius 2 is 2.25 bits per heavy atom. The molecule has 2 rings (SSSR count). The standard InChI is InChI=1S/C15H19N3O2/c1-3-20-15(19)8-14(16)12-6-4-5-11(7-12)13-9-17-18(2)10-13/h4-7,9-10,14H,3,8,16H2,1-2H3. The highest BCUT2D eigenvalue weighted by Crippen LogP contribution is 2.23. The van der Waals surface area contributed by atoms with Gasteiger partial charge in [-0.2, -0.15) is 5.10 Å². The normalized spacial score (nSPS) is 12.2. The van der Waals surface area contributed by atoms with Gasteiger partial charge in [-0.15, -0.1) is 0 Å². The van der Waals surface area contributed by atoms with Crippen LogP contribution in [0.2, 0.25) is 0 Å². The SMILES string of the molecule is CCOC(=O)CC(N)c1cccc(-c2cnn(C)c2)c1. The molecule has 0 spiro atoms. The fourth-order valence-corrected chi connectivity index (χ4v) is 2.04. The molecule has 5 heteroatoms. The molecule has 1 aromatic heterocycles. The lowest BCUT2D eigenvalue weighted by Crippen LogP contribution is -2.17. The lowest BCUT2D eigenvalue weighted by molar-refractivity contribution is -0.143. The smallest absolute Gasteiger partial charge is 0.307 e. The van der Waals surface area contributed by atoms with Crippen molar-refractivity contribution in [3.05, 3.63) is 42.2 Å². The van der Waals surface area contributed by atoms with E-state index in [9.17, 15) is 4.79 Å². The number of benzene rings is 1. The lowest BCUT2D eigenvalue weighted by Gasteiger charge is -2.12. The Hall–Kier alpha value is -2.14. The summed E-state index contributed by atoms with van der Waals surface area (Å²) in [6.45, 7) is 2.16. The van der Waals surface area contributed by atoms with Gasteiger partial charge >= 0.3 is 5.97 Å². The molecule has 0 saturated heterocycles. The van der Waals surface area contributed by atoms with Crippen LogP contribution in [0.3, 0.4) is 0 Å². The lowest BCUT2D eigenvalue weighted by atomic mass is 10.00. The first-order chi connectivity index (χ1) is 9.60. The van der Waals surface area contributed by atoms with E-state index in [1.807, 2.05) is 37.5 Å². The van der Waals surface area contributed by atoms with Crippen LogP contribution in [0, 0.1) is 0 Å². The van der Waals surface area contributed by atoms with E-state index in [1.54, 1.807) is 17.8 Å². The number of rotatable bonds is 5. The van der Waals surface area contributed by atoms with Gasteiger partial charge in [0.15, 0.2) is 0 Å². The summed E-state index contributed by atoms with van der Waals surface area (Å²) in [5.74, 6) is -0.271. The second-order valence-corrected chi connectivity index (χ2v) is 4.64. The number of carbonyl (C=O) groups is 1. The Morgan fingerprint density at radius 3 is 2.90 bits per heavy atom. The molecule has 20 heavy (non-hydrogen) atoms. The molecule has 0 fully saturated rings. The predicted octanol–water partition coefficient (Wildman–Crippen LogP) is 2.04. The van der Waals surface area contributed by atoms with Gasteiger partial charge in [0.1, 0.15) is 0 Å². The third-order valence-corrected chi connectivity index (χ3v) is 3.04. The van der Waals surface area contributed by atoms with Crippen LogP contribution in [0.15, 0.2) is 36.7 Å². The quantitative estimate of drug-likeness (QED) is 0.846. The van der Waals surface area contributed by atoms with E-state index >= 15 is 0 Å². The van der Waals surface area contributed by atoms with Gasteiger partial charge < -0.3 is 10.5 Å². The highest BCUT2D eigenvalue weighted by molar-refractivity contribution is 5.71.